The lowest BCUT2D eigenvalue weighted by Gasteiger charge is -2.27. The Kier molecular flexibility index (Phi) is 6.87. The summed E-state index contributed by atoms with van der Waals surface area (Å²) in [6.45, 7) is 3.31. The van der Waals surface area contributed by atoms with E-state index < -0.39 is 5.97 Å². The normalized spacial score (nSPS) is 21.2. The van der Waals surface area contributed by atoms with Crippen LogP contribution in [0, 0.1) is 5.92 Å². The molecule has 1 fully saturated rings. The van der Waals surface area contributed by atoms with Gasteiger partial charge in [0.05, 0.1) is 11.2 Å². The second-order valence-electron chi connectivity index (χ2n) is 6.36. The van der Waals surface area contributed by atoms with E-state index in [2.05, 4.69) is 10.6 Å². The largest absolute Gasteiger partial charge is 0.481 e. The summed E-state index contributed by atoms with van der Waals surface area (Å²) in [5.41, 5.74) is 0.726. The quantitative estimate of drug-likeness (QED) is 0.675. The lowest BCUT2D eigenvalue weighted by atomic mass is 9.86. The summed E-state index contributed by atoms with van der Waals surface area (Å²) in [6.07, 6.45) is 2.66. The molecule has 1 unspecified atom stereocenters. The molecule has 1 atom stereocenters. The number of nitrogens with one attached hydrogen (secondary N) is 2. The van der Waals surface area contributed by atoms with Crippen molar-refractivity contribution >= 4 is 35.2 Å². The smallest absolute Gasteiger partial charge is 0.306 e. The Morgan fingerprint density at radius 1 is 1.12 bits per heavy atom. The van der Waals surface area contributed by atoms with Gasteiger partial charge in [0.15, 0.2) is 0 Å². The maximum Gasteiger partial charge on any atom is 0.306 e. The van der Waals surface area contributed by atoms with Gasteiger partial charge in [-0.1, -0.05) is 0 Å². The van der Waals surface area contributed by atoms with Gasteiger partial charge < -0.3 is 15.7 Å². The number of carboxylic acids is 1. The number of aliphatic carboxylic acids is 1. The van der Waals surface area contributed by atoms with Gasteiger partial charge in [0.2, 0.25) is 11.8 Å². The number of carbonyl (C=O) groups excluding carboxylic acids is 2. The molecule has 1 aliphatic rings. The third-order valence-electron chi connectivity index (χ3n) is 4.28. The highest BCUT2D eigenvalue weighted by Gasteiger charge is 2.27. The van der Waals surface area contributed by atoms with Gasteiger partial charge in [0, 0.05) is 23.5 Å². The van der Waals surface area contributed by atoms with Gasteiger partial charge >= 0.3 is 5.97 Å². The van der Waals surface area contributed by atoms with Crippen molar-refractivity contribution in [3.63, 3.8) is 0 Å². The van der Waals surface area contributed by atoms with E-state index in [1.165, 1.54) is 18.7 Å². The number of hydrogen-bond donors (Lipinski definition) is 3. The average molecular weight is 364 g/mol. The van der Waals surface area contributed by atoms with Gasteiger partial charge in [-0.2, -0.15) is 0 Å². The van der Waals surface area contributed by atoms with Crippen molar-refractivity contribution < 1.29 is 19.5 Å². The number of carbonyl (C=O) groups is 3. The Morgan fingerprint density at radius 3 is 2.24 bits per heavy atom. The SMILES string of the molecule is CC(=O)Nc1ccc(SC(C)C(=O)NC2CCC(C(=O)O)CC2)cc1. The molecule has 2 amide bonds. The van der Waals surface area contributed by atoms with Crippen LogP contribution in [0.3, 0.4) is 0 Å². The highest BCUT2D eigenvalue weighted by atomic mass is 32.2. The lowest BCUT2D eigenvalue weighted by molar-refractivity contribution is -0.142. The van der Waals surface area contributed by atoms with Crippen LogP contribution in [-0.4, -0.2) is 34.2 Å². The monoisotopic (exact) mass is 364 g/mol. The van der Waals surface area contributed by atoms with Crippen LogP contribution in [0.25, 0.3) is 0 Å². The van der Waals surface area contributed by atoms with Crippen LogP contribution >= 0.6 is 11.8 Å². The molecule has 0 aromatic heterocycles. The average Bonchev–Trinajstić information content (AvgIpc) is 2.56. The standard InChI is InChI=1S/C18H24N2O4S/c1-11(25-16-9-7-14(8-10-16)19-12(2)21)17(22)20-15-5-3-13(4-6-15)18(23)24/h7-11,13,15H,3-6H2,1-2H3,(H,19,21)(H,20,22)(H,23,24). The number of thioether (sulfide) groups is 1. The van der Waals surface area contributed by atoms with Gasteiger partial charge in [-0.15, -0.1) is 11.8 Å². The maximum atomic E-state index is 12.3. The minimum atomic E-state index is -0.739. The molecule has 0 bridgehead atoms. The van der Waals surface area contributed by atoms with Crippen molar-refractivity contribution in [1.82, 2.24) is 5.32 Å². The Balaban J connectivity index is 1.80. The molecule has 136 valence electrons. The molecular formula is C18H24N2O4S. The fourth-order valence-corrected chi connectivity index (χ4v) is 3.76. The molecule has 25 heavy (non-hydrogen) atoms. The number of carboxylic acid groups (broad SMARTS) is 1. The van der Waals surface area contributed by atoms with Crippen molar-refractivity contribution in [2.24, 2.45) is 5.92 Å². The van der Waals surface area contributed by atoms with Crippen LogP contribution < -0.4 is 10.6 Å². The Labute approximate surface area is 151 Å². The zero-order valence-electron chi connectivity index (χ0n) is 14.5. The van der Waals surface area contributed by atoms with Crippen LogP contribution in [-0.2, 0) is 14.4 Å². The Bertz CT molecular complexity index is 624. The van der Waals surface area contributed by atoms with E-state index >= 15 is 0 Å². The topological polar surface area (TPSA) is 95.5 Å². The molecule has 0 aliphatic heterocycles. The summed E-state index contributed by atoms with van der Waals surface area (Å²) in [6, 6.07) is 7.42. The number of hydrogen-bond acceptors (Lipinski definition) is 4. The molecule has 7 heteroatoms. The number of anilines is 1. The highest BCUT2D eigenvalue weighted by molar-refractivity contribution is 8.00. The minimum absolute atomic E-state index is 0.0327. The fraction of sp³-hybridized carbons (Fsp3) is 0.500. The Hall–Kier alpha value is -2.02. The third kappa shape index (κ3) is 6.08. The van der Waals surface area contributed by atoms with E-state index in [0.717, 1.165) is 10.6 Å². The van der Waals surface area contributed by atoms with Crippen LogP contribution in [0.2, 0.25) is 0 Å². The van der Waals surface area contributed by atoms with Gasteiger partial charge in [0.1, 0.15) is 0 Å². The van der Waals surface area contributed by atoms with Crippen LogP contribution in [0.4, 0.5) is 5.69 Å². The van der Waals surface area contributed by atoms with Gasteiger partial charge in [-0.25, -0.2) is 0 Å². The van der Waals surface area contributed by atoms with Crippen molar-refractivity contribution in [1.29, 1.82) is 0 Å². The first kappa shape index (κ1) is 19.3. The lowest BCUT2D eigenvalue weighted by Crippen LogP contribution is -2.42. The first-order valence-electron chi connectivity index (χ1n) is 8.42. The van der Waals surface area contributed by atoms with Gasteiger partial charge in [-0.3, -0.25) is 14.4 Å². The molecule has 1 aromatic rings. The first-order chi connectivity index (χ1) is 11.8. The van der Waals surface area contributed by atoms with Gasteiger partial charge in [-0.05, 0) is 56.9 Å². The van der Waals surface area contributed by atoms with E-state index in [9.17, 15) is 14.4 Å². The van der Waals surface area contributed by atoms with Crippen molar-refractivity contribution in [2.75, 3.05) is 5.32 Å². The molecule has 1 aliphatic carbocycles. The summed E-state index contributed by atoms with van der Waals surface area (Å²) >= 11 is 1.45. The van der Waals surface area contributed by atoms with Gasteiger partial charge in [0.25, 0.3) is 0 Å². The molecular weight excluding hydrogens is 340 g/mol. The van der Waals surface area contributed by atoms with E-state index in [1.807, 2.05) is 31.2 Å². The van der Waals surface area contributed by atoms with E-state index in [-0.39, 0.29) is 29.0 Å². The van der Waals surface area contributed by atoms with Crippen molar-refractivity contribution in [3.05, 3.63) is 24.3 Å². The van der Waals surface area contributed by atoms with E-state index in [0.29, 0.717) is 25.7 Å². The molecule has 0 spiro atoms. The zero-order chi connectivity index (χ0) is 18.4. The summed E-state index contributed by atoms with van der Waals surface area (Å²) < 4.78 is 0. The second-order valence-corrected chi connectivity index (χ2v) is 7.78. The van der Waals surface area contributed by atoms with Crippen LogP contribution in [0.5, 0.6) is 0 Å². The first-order valence-corrected chi connectivity index (χ1v) is 9.30. The summed E-state index contributed by atoms with van der Waals surface area (Å²) in [5, 5.41) is 14.5. The van der Waals surface area contributed by atoms with Crippen LogP contribution in [0.1, 0.15) is 39.5 Å². The molecule has 6 nitrogen and oxygen atoms in total. The number of benzene rings is 1. The molecule has 0 heterocycles. The number of rotatable bonds is 6. The molecule has 0 radical (unpaired) electrons. The summed E-state index contributed by atoms with van der Waals surface area (Å²) in [4.78, 5) is 35.3. The van der Waals surface area contributed by atoms with E-state index in [1.54, 1.807) is 0 Å². The second kappa shape index (κ2) is 8.89. The Morgan fingerprint density at radius 2 is 1.72 bits per heavy atom. The number of amides is 2. The van der Waals surface area contributed by atoms with Crippen molar-refractivity contribution in [3.8, 4) is 0 Å². The molecule has 1 aromatic carbocycles. The minimum Gasteiger partial charge on any atom is -0.481 e. The maximum absolute atomic E-state index is 12.3. The molecule has 2 rings (SSSR count). The molecule has 0 saturated heterocycles. The molecule has 1 saturated carbocycles. The predicted octanol–water partition coefficient (Wildman–Crippen LogP) is 2.89. The molecule has 3 N–H and O–H groups in total. The fourth-order valence-electron chi connectivity index (χ4n) is 2.88. The summed E-state index contributed by atoms with van der Waals surface area (Å²) in [5.74, 6) is -1.17. The summed E-state index contributed by atoms with van der Waals surface area (Å²) in [7, 11) is 0. The van der Waals surface area contributed by atoms with Crippen LogP contribution in [0.15, 0.2) is 29.2 Å². The zero-order valence-corrected chi connectivity index (χ0v) is 15.3. The predicted molar refractivity (Wildman–Crippen MR) is 97.6 cm³/mol. The highest BCUT2D eigenvalue weighted by Crippen LogP contribution is 2.27. The third-order valence-corrected chi connectivity index (χ3v) is 5.39. The van der Waals surface area contributed by atoms with E-state index in [4.69, 9.17) is 5.11 Å². The van der Waals surface area contributed by atoms with Crippen molar-refractivity contribution in [2.45, 2.75) is 55.7 Å².